The molecule has 6 aromatic rings. The number of carbonyl (C=O) groups excluding carboxylic acids is 2. The predicted octanol–water partition coefficient (Wildman–Crippen LogP) is 7.86. The maximum atomic E-state index is 16.4. The lowest BCUT2D eigenvalue weighted by Crippen LogP contribution is -2.52. The monoisotopic (exact) mass is 1200 g/mol. The summed E-state index contributed by atoms with van der Waals surface area (Å²) in [6.45, 7) is 1.24. The first-order valence-electron chi connectivity index (χ1n) is 26.0. The zero-order valence-electron chi connectivity index (χ0n) is 46.5. The van der Waals surface area contributed by atoms with Crippen LogP contribution in [0, 0.1) is 36.5 Å². The van der Waals surface area contributed by atoms with Crippen LogP contribution in [-0.2, 0) is 33.1 Å². The number of ether oxygens (including phenoxy) is 4. The lowest BCUT2D eigenvalue weighted by Gasteiger charge is -2.37. The Bertz CT molecular complexity index is 3770. The SMILES string of the molecule is COc1ccc(CN(Cc2ccc(OC)cc2OC)S(=O)(=O)c2cc(N(C(=O)c3cc(C#N)c(C)nc3N3CCCC(F)(F)CC3)N(C(=O)c3cc(C#N)c(C)nc3N3CCCC(F)(F)CC3)c3ccnc(S(N)(=O)=O)c3)ccn2)c(OC)c1. The Labute approximate surface area is 482 Å². The number of methoxy groups -OCH3 is 4. The summed E-state index contributed by atoms with van der Waals surface area (Å²) in [4.78, 5) is 52.9. The molecule has 0 unspecified atom stereocenters. The van der Waals surface area contributed by atoms with E-state index >= 15 is 35.6 Å². The van der Waals surface area contributed by atoms with Gasteiger partial charge in [-0.3, -0.25) is 9.59 Å². The highest BCUT2D eigenvalue weighted by Gasteiger charge is 2.41. The second-order valence-electron chi connectivity index (χ2n) is 19.7. The Kier molecular flexibility index (Phi) is 18.3. The average molecular weight is 1200 g/mol. The molecule has 2 N–H and O–H groups in total. The molecule has 2 aliphatic rings. The number of sulfonamides is 2. The van der Waals surface area contributed by atoms with Crippen molar-refractivity contribution >= 4 is 54.9 Å². The number of aryl methyl sites for hydroxylation is 2. The highest BCUT2D eigenvalue weighted by molar-refractivity contribution is 7.89. The van der Waals surface area contributed by atoms with Gasteiger partial charge in [-0.2, -0.15) is 14.8 Å². The van der Waals surface area contributed by atoms with Crippen LogP contribution in [-0.4, -0.2) is 119 Å². The molecule has 2 fully saturated rings. The second kappa shape index (κ2) is 25.0. The molecule has 0 spiro atoms. The summed E-state index contributed by atoms with van der Waals surface area (Å²) in [5.74, 6) is -8.03. The number of amides is 2. The average Bonchev–Trinajstić information content (AvgIpc) is 1.95. The number of hydrogen-bond donors (Lipinski definition) is 1. The Morgan fingerprint density at radius 3 is 1.42 bits per heavy atom. The van der Waals surface area contributed by atoms with E-state index in [1.165, 1.54) is 52.1 Å². The smallest absolute Gasteiger partial charge is 0.281 e. The van der Waals surface area contributed by atoms with E-state index in [-0.39, 0.29) is 84.7 Å². The molecule has 0 radical (unpaired) electrons. The minimum absolute atomic E-state index is 0.0707. The molecule has 22 nitrogen and oxygen atoms in total. The first-order valence-corrected chi connectivity index (χ1v) is 29.0. The third-order valence-corrected chi connectivity index (χ3v) is 16.7. The van der Waals surface area contributed by atoms with Gasteiger partial charge < -0.3 is 28.7 Å². The molecule has 28 heteroatoms. The fourth-order valence-electron chi connectivity index (χ4n) is 9.70. The van der Waals surface area contributed by atoms with E-state index in [0.29, 0.717) is 32.6 Å². The van der Waals surface area contributed by atoms with Crippen molar-refractivity contribution in [2.45, 2.75) is 87.4 Å². The van der Waals surface area contributed by atoms with Crippen molar-refractivity contribution in [3.8, 4) is 35.1 Å². The zero-order valence-corrected chi connectivity index (χ0v) is 48.1. The number of alkyl halides is 4. The van der Waals surface area contributed by atoms with Gasteiger partial charge in [0.05, 0.1) is 73.5 Å². The summed E-state index contributed by atoms with van der Waals surface area (Å²) in [6.07, 6.45) is -0.593. The third-order valence-electron chi connectivity index (χ3n) is 14.2. The zero-order chi connectivity index (χ0) is 60.9. The van der Waals surface area contributed by atoms with Crippen molar-refractivity contribution in [1.82, 2.24) is 24.2 Å². The number of anilines is 4. The molecule has 2 aliphatic heterocycles. The number of primary sulfonamides is 1. The van der Waals surface area contributed by atoms with Crippen molar-refractivity contribution in [2.24, 2.45) is 5.14 Å². The van der Waals surface area contributed by atoms with Crippen LogP contribution in [0.5, 0.6) is 23.0 Å². The number of nitrogens with two attached hydrogens (primary N) is 1. The molecule has 84 heavy (non-hydrogen) atoms. The van der Waals surface area contributed by atoms with Crippen LogP contribution < -0.4 is 43.9 Å². The van der Waals surface area contributed by atoms with E-state index in [1.807, 2.05) is 12.1 Å². The van der Waals surface area contributed by atoms with Gasteiger partial charge in [-0.05, 0) is 63.1 Å². The highest BCUT2D eigenvalue weighted by atomic mass is 32.2. The molecule has 2 aromatic carbocycles. The lowest BCUT2D eigenvalue weighted by atomic mass is 10.1. The van der Waals surface area contributed by atoms with E-state index in [4.69, 9.17) is 24.1 Å². The summed E-state index contributed by atoms with van der Waals surface area (Å²) in [5, 5.41) is 26.1. The summed E-state index contributed by atoms with van der Waals surface area (Å²) in [7, 11) is -4.09. The minimum Gasteiger partial charge on any atom is -0.497 e. The van der Waals surface area contributed by atoms with Crippen LogP contribution in [0.3, 0.4) is 0 Å². The third kappa shape index (κ3) is 13.4. The van der Waals surface area contributed by atoms with E-state index < -0.39 is 115 Å². The number of hydrogen-bond acceptors (Lipinski definition) is 18. The number of nitriles is 2. The van der Waals surface area contributed by atoms with Gasteiger partial charge in [-0.1, -0.05) is 12.1 Å². The van der Waals surface area contributed by atoms with Crippen LogP contribution in [0.1, 0.15) is 92.9 Å². The Hall–Kier alpha value is -8.70. The van der Waals surface area contributed by atoms with Gasteiger partial charge >= 0.3 is 0 Å². The van der Waals surface area contributed by atoms with Gasteiger partial charge in [0, 0.05) is 113 Å². The molecule has 2 amide bonds. The highest BCUT2D eigenvalue weighted by Crippen LogP contribution is 2.39. The van der Waals surface area contributed by atoms with E-state index in [0.717, 1.165) is 53.1 Å². The van der Waals surface area contributed by atoms with Crippen molar-refractivity contribution in [2.75, 3.05) is 74.4 Å². The fourth-order valence-corrected chi connectivity index (χ4v) is 11.5. The minimum atomic E-state index is -4.97. The van der Waals surface area contributed by atoms with Crippen molar-refractivity contribution in [1.29, 1.82) is 10.5 Å². The number of halogens is 4. The number of hydrazine groups is 1. The van der Waals surface area contributed by atoms with Crippen molar-refractivity contribution in [3.05, 3.63) is 130 Å². The normalized spacial score (nSPS) is 15.2. The Balaban J connectivity index is 1.42. The molecule has 0 atom stereocenters. The number of carbonyl (C=O) groups is 2. The fraction of sp³-hybridized carbons (Fsp3) is 0.357. The largest absolute Gasteiger partial charge is 0.497 e. The van der Waals surface area contributed by atoms with Gasteiger partial charge in [0.25, 0.3) is 31.9 Å². The summed E-state index contributed by atoms with van der Waals surface area (Å²) >= 11 is 0. The van der Waals surface area contributed by atoms with Crippen LogP contribution in [0.25, 0.3) is 0 Å². The molecule has 0 aliphatic carbocycles. The van der Waals surface area contributed by atoms with E-state index in [2.05, 4.69) is 19.9 Å². The maximum absolute atomic E-state index is 16.4. The first kappa shape index (κ1) is 61.4. The van der Waals surface area contributed by atoms with Crippen LogP contribution in [0.2, 0.25) is 0 Å². The van der Waals surface area contributed by atoms with Crippen LogP contribution in [0.4, 0.5) is 40.6 Å². The standard InChI is InChI=1S/C56H58F4N12O10S2/c1-35-39(31-61)25-45(51(66-35)68-21-7-15-55(57,58)17-23-68)53(73)71(41-13-19-64-49(27-41)83(63,75)76)72(54(74)46-26-40(32-62)36(2)67-52(46)69-22-8-16-56(59,60)18-24-69)42-14-20-65-50(28-42)84(77,78)70(33-37-9-11-43(79-3)29-47(37)81-5)34-38-10-12-44(80-4)30-48(38)82-6/h9-14,19-20,25-30H,7-8,15-18,21-24,33-34H2,1-6H3,(H2,63,75,76). The molecule has 4 aromatic heterocycles. The molecule has 8 rings (SSSR count). The number of pyridine rings is 4. The summed E-state index contributed by atoms with van der Waals surface area (Å²) in [5.41, 5.74) is -1.50. The van der Waals surface area contributed by atoms with Crippen LogP contribution in [0.15, 0.2) is 95.2 Å². The topological polar surface area (TPSA) is 281 Å². The van der Waals surface area contributed by atoms with Gasteiger partial charge in [0.15, 0.2) is 10.1 Å². The van der Waals surface area contributed by atoms with Gasteiger partial charge in [0.2, 0.25) is 11.8 Å². The van der Waals surface area contributed by atoms with Gasteiger partial charge in [-0.25, -0.2) is 69.5 Å². The molecule has 0 bridgehead atoms. The quantitative estimate of drug-likeness (QED) is 0.0671. The number of nitrogens with zero attached hydrogens (tertiary/aromatic N) is 11. The van der Waals surface area contributed by atoms with Crippen molar-refractivity contribution < 1.29 is 62.9 Å². The molecular formula is C56H58F4N12O10S2. The lowest BCUT2D eigenvalue weighted by molar-refractivity contribution is -0.0109. The maximum Gasteiger partial charge on any atom is 0.281 e. The van der Waals surface area contributed by atoms with Gasteiger partial charge in [0.1, 0.15) is 46.8 Å². The molecular weight excluding hydrogens is 1140 g/mol. The molecule has 0 saturated carbocycles. The molecule has 2 saturated heterocycles. The summed E-state index contributed by atoms with van der Waals surface area (Å²) in [6, 6.07) is 19.6. The number of aromatic nitrogens is 4. The van der Waals surface area contributed by atoms with Crippen molar-refractivity contribution in [3.63, 3.8) is 0 Å². The molecule has 442 valence electrons. The second-order valence-corrected chi connectivity index (χ2v) is 23.1. The number of rotatable bonds is 17. The molecule has 6 heterocycles. The Morgan fingerprint density at radius 2 is 1.02 bits per heavy atom. The van der Waals surface area contributed by atoms with E-state index in [1.54, 1.807) is 36.4 Å². The van der Waals surface area contributed by atoms with Crippen LogP contribution >= 0.6 is 0 Å². The van der Waals surface area contributed by atoms with E-state index in [9.17, 15) is 18.9 Å². The number of benzene rings is 2. The predicted molar refractivity (Wildman–Crippen MR) is 298 cm³/mol. The summed E-state index contributed by atoms with van der Waals surface area (Å²) < 4.78 is 141. The van der Waals surface area contributed by atoms with Gasteiger partial charge in [-0.15, -0.1) is 0 Å². The first-order chi connectivity index (χ1) is 39.8. The Morgan fingerprint density at radius 1 is 0.607 bits per heavy atom.